The van der Waals surface area contributed by atoms with Crippen molar-refractivity contribution in [1.82, 2.24) is 30.5 Å². The Labute approximate surface area is 178 Å². The number of hydrogen-bond donors (Lipinski definition) is 2. The van der Waals surface area contributed by atoms with E-state index in [0.717, 1.165) is 5.01 Å². The molecule has 1 aromatic heterocycles. The van der Waals surface area contributed by atoms with Crippen LogP contribution in [0.25, 0.3) is 5.69 Å². The van der Waals surface area contributed by atoms with Crippen LogP contribution in [0.3, 0.4) is 0 Å². The van der Waals surface area contributed by atoms with Crippen molar-refractivity contribution in [3.63, 3.8) is 0 Å². The molecule has 10 nitrogen and oxygen atoms in total. The first-order valence-electron chi connectivity index (χ1n) is 9.49. The second-order valence-corrected chi connectivity index (χ2v) is 8.69. The highest BCUT2D eigenvalue weighted by Gasteiger charge is 2.36. The number of tetrazole rings is 1. The van der Waals surface area contributed by atoms with Gasteiger partial charge >= 0.3 is 0 Å². The van der Waals surface area contributed by atoms with E-state index < -0.39 is 18.1 Å². The van der Waals surface area contributed by atoms with Gasteiger partial charge in [-0.2, -0.15) is 5.10 Å². The van der Waals surface area contributed by atoms with E-state index in [1.807, 2.05) is 20.8 Å². The molecule has 0 spiro atoms. The Balaban J connectivity index is 1.68. The third-order valence-corrected chi connectivity index (χ3v) is 4.77. The number of halogens is 1. The monoisotopic (exact) mass is 433 g/mol. The summed E-state index contributed by atoms with van der Waals surface area (Å²) in [6.07, 6.45) is 2.25. The third-order valence-electron chi connectivity index (χ3n) is 4.54. The van der Waals surface area contributed by atoms with Crippen LogP contribution in [0.1, 0.15) is 39.2 Å². The molecule has 0 aliphatic carbocycles. The molecule has 160 valence electrons. The Kier molecular flexibility index (Phi) is 6.47. The molecule has 11 heteroatoms. The van der Waals surface area contributed by atoms with Crippen molar-refractivity contribution in [2.45, 2.75) is 52.3 Å². The molecule has 2 heterocycles. The SMILES string of the molecule is CC(C)(C)C[C@@H](O)C(=O)N1N=CCC1C(=O)NCc1cc(Cl)ccc1-n1cnnn1. The van der Waals surface area contributed by atoms with E-state index in [4.69, 9.17) is 11.6 Å². The number of hydrazone groups is 1. The van der Waals surface area contributed by atoms with Gasteiger partial charge in [-0.25, -0.2) is 9.69 Å². The van der Waals surface area contributed by atoms with E-state index in [-0.39, 0.29) is 30.7 Å². The number of aromatic nitrogens is 4. The van der Waals surface area contributed by atoms with Crippen molar-refractivity contribution in [3.8, 4) is 5.69 Å². The highest BCUT2D eigenvalue weighted by Crippen LogP contribution is 2.24. The second kappa shape index (κ2) is 8.88. The number of benzene rings is 1. The highest BCUT2D eigenvalue weighted by molar-refractivity contribution is 6.30. The van der Waals surface area contributed by atoms with Crippen molar-refractivity contribution in [3.05, 3.63) is 35.1 Å². The maximum Gasteiger partial charge on any atom is 0.272 e. The summed E-state index contributed by atoms with van der Waals surface area (Å²) in [5, 5.41) is 29.7. The smallest absolute Gasteiger partial charge is 0.272 e. The van der Waals surface area contributed by atoms with Crippen LogP contribution in [0.4, 0.5) is 0 Å². The summed E-state index contributed by atoms with van der Waals surface area (Å²) in [5.41, 5.74) is 1.13. The fourth-order valence-electron chi connectivity index (χ4n) is 3.15. The lowest BCUT2D eigenvalue weighted by molar-refractivity contribution is -0.147. The van der Waals surface area contributed by atoms with Gasteiger partial charge < -0.3 is 10.4 Å². The van der Waals surface area contributed by atoms with Crippen LogP contribution in [0.15, 0.2) is 29.6 Å². The summed E-state index contributed by atoms with van der Waals surface area (Å²) in [4.78, 5) is 25.4. The lowest BCUT2D eigenvalue weighted by atomic mass is 9.89. The summed E-state index contributed by atoms with van der Waals surface area (Å²) in [5.74, 6) is -0.970. The Morgan fingerprint density at radius 3 is 2.80 bits per heavy atom. The summed E-state index contributed by atoms with van der Waals surface area (Å²) in [6.45, 7) is 5.92. The molecule has 0 fully saturated rings. The molecule has 1 aliphatic heterocycles. The van der Waals surface area contributed by atoms with Crippen LogP contribution < -0.4 is 5.32 Å². The molecule has 2 aromatic rings. The molecule has 1 aliphatic rings. The zero-order valence-electron chi connectivity index (χ0n) is 17.0. The summed E-state index contributed by atoms with van der Waals surface area (Å²) >= 11 is 6.10. The molecule has 2 amide bonds. The molecule has 1 aromatic carbocycles. The van der Waals surface area contributed by atoms with Crippen LogP contribution in [0, 0.1) is 5.41 Å². The first kappa shape index (κ1) is 21.8. The maximum absolute atomic E-state index is 12.8. The van der Waals surface area contributed by atoms with Gasteiger partial charge in [0.05, 0.1) is 5.69 Å². The van der Waals surface area contributed by atoms with Gasteiger partial charge in [0.15, 0.2) is 0 Å². The number of rotatable bonds is 6. The van der Waals surface area contributed by atoms with Crippen molar-refractivity contribution in [2.75, 3.05) is 0 Å². The average molecular weight is 434 g/mol. The zero-order chi connectivity index (χ0) is 21.9. The van der Waals surface area contributed by atoms with Crippen molar-refractivity contribution in [2.24, 2.45) is 10.5 Å². The third kappa shape index (κ3) is 5.19. The van der Waals surface area contributed by atoms with E-state index in [2.05, 4.69) is 25.9 Å². The summed E-state index contributed by atoms with van der Waals surface area (Å²) in [7, 11) is 0. The molecule has 1 unspecified atom stereocenters. The van der Waals surface area contributed by atoms with Crippen molar-refractivity contribution in [1.29, 1.82) is 0 Å². The van der Waals surface area contributed by atoms with Gasteiger partial charge in [-0.1, -0.05) is 32.4 Å². The second-order valence-electron chi connectivity index (χ2n) is 8.26. The predicted molar refractivity (Wildman–Crippen MR) is 110 cm³/mol. The topological polar surface area (TPSA) is 126 Å². The van der Waals surface area contributed by atoms with Gasteiger partial charge in [-0.15, -0.1) is 5.10 Å². The lowest BCUT2D eigenvalue weighted by Gasteiger charge is -2.27. The maximum atomic E-state index is 12.8. The molecule has 2 N–H and O–H groups in total. The number of carbonyl (C=O) groups excluding carboxylic acids is 2. The predicted octanol–water partition coefficient (Wildman–Crippen LogP) is 1.32. The van der Waals surface area contributed by atoms with Crippen LogP contribution in [0.5, 0.6) is 0 Å². The van der Waals surface area contributed by atoms with E-state index in [0.29, 0.717) is 16.3 Å². The minimum absolute atomic E-state index is 0.150. The fourth-order valence-corrected chi connectivity index (χ4v) is 3.35. The first-order valence-corrected chi connectivity index (χ1v) is 9.86. The standard InChI is InChI=1S/C19H24ClN7O3/c1-19(2,3)9-16(28)18(30)27-15(6-7-23-27)17(29)21-10-12-8-13(20)4-5-14(12)26-11-22-24-25-26/h4-5,7-8,11,15-16,28H,6,9-10H2,1-3H3,(H,21,29)/t15?,16-/m1/s1. The molecule has 30 heavy (non-hydrogen) atoms. The van der Waals surface area contributed by atoms with Gasteiger partial charge in [-0.05, 0) is 46.0 Å². The van der Waals surface area contributed by atoms with Gasteiger partial charge in [0.1, 0.15) is 18.5 Å². The average Bonchev–Trinajstić information content (AvgIpc) is 3.36. The Morgan fingerprint density at radius 1 is 1.37 bits per heavy atom. The number of aliphatic hydroxyl groups is 1. The highest BCUT2D eigenvalue weighted by atomic mass is 35.5. The molecule has 0 saturated heterocycles. The molecule has 3 rings (SSSR count). The van der Waals surface area contributed by atoms with Crippen LogP contribution in [0.2, 0.25) is 5.02 Å². The summed E-state index contributed by atoms with van der Waals surface area (Å²) < 4.78 is 1.47. The molecular weight excluding hydrogens is 410 g/mol. The number of carbonyl (C=O) groups is 2. The minimum atomic E-state index is -1.23. The lowest BCUT2D eigenvalue weighted by Crippen LogP contribution is -2.48. The van der Waals surface area contributed by atoms with Gasteiger partial charge in [0, 0.05) is 24.2 Å². The number of hydrogen-bond acceptors (Lipinski definition) is 7. The van der Waals surface area contributed by atoms with E-state index in [1.165, 1.54) is 17.2 Å². The van der Waals surface area contributed by atoms with Crippen LogP contribution in [-0.2, 0) is 16.1 Å². The molecule has 0 bridgehead atoms. The van der Waals surface area contributed by atoms with E-state index in [9.17, 15) is 14.7 Å². The van der Waals surface area contributed by atoms with Gasteiger partial charge in [-0.3, -0.25) is 9.59 Å². The van der Waals surface area contributed by atoms with Crippen molar-refractivity contribution < 1.29 is 14.7 Å². The van der Waals surface area contributed by atoms with Gasteiger partial charge in [0.25, 0.3) is 5.91 Å². The van der Waals surface area contributed by atoms with Crippen LogP contribution in [-0.4, -0.2) is 60.5 Å². The Morgan fingerprint density at radius 2 is 2.13 bits per heavy atom. The number of amides is 2. The minimum Gasteiger partial charge on any atom is -0.383 e. The van der Waals surface area contributed by atoms with Crippen molar-refractivity contribution >= 4 is 29.6 Å². The zero-order valence-corrected chi connectivity index (χ0v) is 17.7. The number of nitrogens with one attached hydrogen (secondary N) is 1. The molecule has 0 saturated carbocycles. The van der Waals surface area contributed by atoms with E-state index in [1.54, 1.807) is 18.2 Å². The number of aliphatic hydroxyl groups excluding tert-OH is 1. The Bertz CT molecular complexity index is 940. The Hall–Kier alpha value is -2.85. The van der Waals surface area contributed by atoms with Gasteiger partial charge in [0.2, 0.25) is 5.91 Å². The first-order chi connectivity index (χ1) is 14.2. The normalized spacial score (nSPS) is 17.2. The number of nitrogens with zero attached hydrogens (tertiary/aromatic N) is 6. The molecule has 0 radical (unpaired) electrons. The quantitative estimate of drug-likeness (QED) is 0.707. The molecular formula is C19H24ClN7O3. The molecule has 2 atom stereocenters. The van der Waals surface area contributed by atoms with E-state index >= 15 is 0 Å². The summed E-state index contributed by atoms with van der Waals surface area (Å²) in [6, 6.07) is 4.34. The fraction of sp³-hybridized carbons (Fsp3) is 0.474. The largest absolute Gasteiger partial charge is 0.383 e. The van der Waals surface area contributed by atoms with Crippen LogP contribution >= 0.6 is 11.6 Å².